The zero-order valence-corrected chi connectivity index (χ0v) is 17.5. The van der Waals surface area contributed by atoms with E-state index in [-0.39, 0.29) is 11.6 Å². The number of rotatable bonds is 4. The summed E-state index contributed by atoms with van der Waals surface area (Å²) in [5.41, 5.74) is 10.5. The van der Waals surface area contributed by atoms with Crippen LogP contribution < -0.4 is 5.73 Å². The summed E-state index contributed by atoms with van der Waals surface area (Å²) < 4.78 is 19.6. The van der Waals surface area contributed by atoms with Gasteiger partial charge in [-0.25, -0.2) is 4.39 Å². The van der Waals surface area contributed by atoms with Crippen molar-refractivity contribution in [2.24, 2.45) is 4.99 Å². The third kappa shape index (κ3) is 4.28. The fourth-order valence-electron chi connectivity index (χ4n) is 3.56. The van der Waals surface area contributed by atoms with Crippen LogP contribution in [0.2, 0.25) is 0 Å². The number of nitrogens with zero attached hydrogens (tertiary/aromatic N) is 2. The molecule has 1 saturated heterocycles. The van der Waals surface area contributed by atoms with Gasteiger partial charge in [0.15, 0.2) is 0 Å². The predicted molar refractivity (Wildman–Crippen MR) is 120 cm³/mol. The van der Waals surface area contributed by atoms with Gasteiger partial charge in [0.25, 0.3) is 0 Å². The normalized spacial score (nSPS) is 14.8. The number of hydrogen-bond donors (Lipinski definition) is 1. The maximum absolute atomic E-state index is 14.2. The first kappa shape index (κ1) is 20.3. The second kappa shape index (κ2) is 8.78. The number of thiophene rings is 1. The van der Waals surface area contributed by atoms with Gasteiger partial charge >= 0.3 is 0 Å². The van der Waals surface area contributed by atoms with Crippen LogP contribution in [0, 0.1) is 24.1 Å². The van der Waals surface area contributed by atoms with Gasteiger partial charge in [-0.05, 0) is 61.2 Å². The first-order chi connectivity index (χ1) is 14.5. The third-order valence-corrected chi connectivity index (χ3v) is 6.32. The van der Waals surface area contributed by atoms with Gasteiger partial charge in [0.1, 0.15) is 11.9 Å². The number of aryl methyl sites for hydroxylation is 1. The van der Waals surface area contributed by atoms with Gasteiger partial charge in [0.05, 0.1) is 11.6 Å². The molecule has 0 radical (unpaired) electrons. The number of halogens is 1. The predicted octanol–water partition coefficient (Wildman–Crippen LogP) is 5.58. The highest BCUT2D eigenvalue weighted by molar-refractivity contribution is 7.16. The van der Waals surface area contributed by atoms with Gasteiger partial charge in [0.2, 0.25) is 0 Å². The lowest BCUT2D eigenvalue weighted by molar-refractivity contribution is 0.0872. The molecule has 2 N–H and O–H groups in total. The molecule has 2 heterocycles. The number of aliphatic imine (C=N–C) groups is 1. The van der Waals surface area contributed by atoms with Crippen LogP contribution >= 0.6 is 11.3 Å². The van der Waals surface area contributed by atoms with Crippen LogP contribution in [-0.4, -0.2) is 25.5 Å². The third-order valence-electron chi connectivity index (χ3n) is 5.22. The van der Waals surface area contributed by atoms with E-state index in [9.17, 15) is 4.39 Å². The van der Waals surface area contributed by atoms with Crippen molar-refractivity contribution in [3.63, 3.8) is 0 Å². The van der Waals surface area contributed by atoms with E-state index in [1.165, 1.54) is 12.1 Å². The first-order valence-electron chi connectivity index (χ1n) is 9.86. The van der Waals surface area contributed by atoms with E-state index < -0.39 is 5.82 Å². The lowest BCUT2D eigenvalue weighted by atomic mass is 9.99. The Morgan fingerprint density at radius 1 is 1.17 bits per heavy atom. The fourth-order valence-corrected chi connectivity index (χ4v) is 4.59. The minimum Gasteiger partial charge on any atom is -0.398 e. The second-order valence-corrected chi connectivity index (χ2v) is 8.63. The lowest BCUT2D eigenvalue weighted by Gasteiger charge is -2.18. The molecule has 4 rings (SSSR count). The molecule has 0 aliphatic carbocycles. The molecule has 1 aliphatic heterocycles. The summed E-state index contributed by atoms with van der Waals surface area (Å²) in [6.45, 7) is 3.52. The van der Waals surface area contributed by atoms with E-state index in [4.69, 9.17) is 20.7 Å². The molecule has 1 aliphatic rings. The van der Waals surface area contributed by atoms with Gasteiger partial charge in [0, 0.05) is 46.0 Å². The van der Waals surface area contributed by atoms with Crippen LogP contribution in [0.15, 0.2) is 47.5 Å². The molecule has 0 spiro atoms. The number of nitrogens with two attached hydrogens (primary N) is 1. The topological polar surface area (TPSA) is 71.4 Å². The minimum atomic E-state index is -0.508. The molecule has 0 unspecified atom stereocenters. The van der Waals surface area contributed by atoms with Crippen LogP contribution in [0.1, 0.15) is 28.8 Å². The van der Waals surface area contributed by atoms with Crippen molar-refractivity contribution < 1.29 is 9.13 Å². The van der Waals surface area contributed by atoms with Gasteiger partial charge in [-0.1, -0.05) is 12.1 Å². The Morgan fingerprint density at radius 2 is 1.93 bits per heavy atom. The highest BCUT2D eigenvalue weighted by Gasteiger charge is 2.15. The van der Waals surface area contributed by atoms with Gasteiger partial charge in [-0.15, -0.1) is 11.3 Å². The summed E-state index contributed by atoms with van der Waals surface area (Å²) in [6.07, 6.45) is 3.71. The van der Waals surface area contributed by atoms with Crippen molar-refractivity contribution in [3.8, 4) is 27.6 Å². The quantitative estimate of drug-likeness (QED) is 0.443. The van der Waals surface area contributed by atoms with Crippen LogP contribution in [0.4, 0.5) is 10.1 Å². The van der Waals surface area contributed by atoms with Crippen LogP contribution in [0.3, 0.4) is 0 Å². The van der Waals surface area contributed by atoms with Crippen LogP contribution in [-0.2, 0) is 4.74 Å². The summed E-state index contributed by atoms with van der Waals surface area (Å²) in [4.78, 5) is 6.87. The average molecular weight is 420 g/mol. The highest BCUT2D eigenvalue weighted by atomic mass is 32.1. The Bertz CT molecular complexity index is 1140. The number of ether oxygens (including phenoxy) is 1. The molecule has 0 amide bonds. The molecular formula is C24H22FN3OS. The minimum absolute atomic E-state index is 0.0475. The summed E-state index contributed by atoms with van der Waals surface area (Å²) in [6, 6.07) is 14.8. The van der Waals surface area contributed by atoms with Crippen molar-refractivity contribution >= 4 is 23.2 Å². The van der Waals surface area contributed by atoms with E-state index >= 15 is 0 Å². The number of hydrogen-bond acceptors (Lipinski definition) is 5. The maximum atomic E-state index is 14.2. The number of benzene rings is 2. The lowest BCUT2D eigenvalue weighted by Crippen LogP contribution is -2.18. The molecule has 2 aromatic carbocycles. The van der Waals surface area contributed by atoms with Crippen molar-refractivity contribution in [2.45, 2.75) is 25.8 Å². The summed E-state index contributed by atoms with van der Waals surface area (Å²) in [5, 5.41) is 9.00. The molecule has 1 aromatic heterocycles. The molecule has 0 bridgehead atoms. The van der Waals surface area contributed by atoms with Crippen molar-refractivity contribution in [1.29, 1.82) is 5.26 Å². The first-order valence-corrected chi connectivity index (χ1v) is 10.7. The molecule has 1 fully saturated rings. The smallest absolute Gasteiger partial charge is 0.141 e. The molecule has 0 atom stereocenters. The standard InChI is InChI=1S/C24H22FN3OS/c1-15-10-21(16-2-3-18(13-26)22(25)12-16)24(30-15)17-4-5-23(27)19(11-17)14-28-20-6-8-29-9-7-20/h2-5,10-12,14,20H,6-9,27H2,1H3. The Morgan fingerprint density at radius 3 is 2.67 bits per heavy atom. The van der Waals surface area contributed by atoms with Gasteiger partial charge in [-0.2, -0.15) is 5.26 Å². The fraction of sp³-hybridized carbons (Fsp3) is 0.250. The molecule has 4 nitrogen and oxygen atoms in total. The van der Waals surface area contributed by atoms with E-state index in [2.05, 4.69) is 0 Å². The maximum Gasteiger partial charge on any atom is 0.141 e. The van der Waals surface area contributed by atoms with Crippen molar-refractivity contribution in [1.82, 2.24) is 0 Å². The Labute approximate surface area is 179 Å². The SMILES string of the molecule is Cc1cc(-c2ccc(C#N)c(F)c2)c(-c2ccc(N)c(C=NC3CCOCC3)c2)s1. The van der Waals surface area contributed by atoms with Crippen molar-refractivity contribution in [3.05, 3.63) is 64.3 Å². The zero-order chi connectivity index (χ0) is 21.1. The van der Waals surface area contributed by atoms with Crippen LogP contribution in [0.25, 0.3) is 21.6 Å². The van der Waals surface area contributed by atoms with Crippen LogP contribution in [0.5, 0.6) is 0 Å². The highest BCUT2D eigenvalue weighted by Crippen LogP contribution is 2.40. The summed E-state index contributed by atoms with van der Waals surface area (Å²) in [7, 11) is 0. The molecule has 3 aromatic rings. The molecule has 30 heavy (non-hydrogen) atoms. The van der Waals surface area contributed by atoms with Gasteiger partial charge < -0.3 is 10.5 Å². The average Bonchev–Trinajstić information content (AvgIpc) is 3.15. The number of nitrogen functional groups attached to an aromatic ring is 1. The van der Waals surface area contributed by atoms with E-state index in [0.29, 0.717) is 5.69 Å². The largest absolute Gasteiger partial charge is 0.398 e. The number of nitriles is 1. The van der Waals surface area contributed by atoms with Gasteiger partial charge in [-0.3, -0.25) is 4.99 Å². The van der Waals surface area contributed by atoms with E-state index in [0.717, 1.165) is 58.1 Å². The molecule has 0 saturated carbocycles. The summed E-state index contributed by atoms with van der Waals surface area (Å²) >= 11 is 1.65. The Hall–Kier alpha value is -3.01. The Kier molecular flexibility index (Phi) is 5.93. The van der Waals surface area contributed by atoms with E-state index in [1.54, 1.807) is 17.4 Å². The number of anilines is 1. The van der Waals surface area contributed by atoms with E-state index in [1.807, 2.05) is 43.5 Å². The van der Waals surface area contributed by atoms with Crippen molar-refractivity contribution in [2.75, 3.05) is 18.9 Å². The molecule has 6 heteroatoms. The zero-order valence-electron chi connectivity index (χ0n) is 16.7. The molecule has 152 valence electrons. The Balaban J connectivity index is 1.70. The molecular weight excluding hydrogens is 397 g/mol. The summed E-state index contributed by atoms with van der Waals surface area (Å²) in [5.74, 6) is -0.508. The second-order valence-electron chi connectivity index (χ2n) is 7.37. The monoisotopic (exact) mass is 419 g/mol.